The van der Waals surface area contributed by atoms with Gasteiger partial charge < -0.3 is 14.7 Å². The number of thiazole rings is 1. The SMILES string of the molecule is Cc1cc(C(=O)Nc2nc3c(s2)CN(C(=O)Nc2ccc(C(F)(F)F)cc2)CC3)no1. The lowest BCUT2D eigenvalue weighted by Gasteiger charge is -2.26. The number of hydrogen-bond acceptors (Lipinski definition) is 6. The average molecular weight is 451 g/mol. The number of anilines is 2. The zero-order chi connectivity index (χ0) is 22.2. The van der Waals surface area contributed by atoms with Crippen LogP contribution in [0.25, 0.3) is 0 Å². The highest BCUT2D eigenvalue weighted by atomic mass is 32.1. The lowest BCUT2D eigenvalue weighted by atomic mass is 10.2. The zero-order valence-electron chi connectivity index (χ0n) is 16.1. The molecule has 0 bridgehead atoms. The number of amides is 3. The van der Waals surface area contributed by atoms with Gasteiger partial charge in [-0.2, -0.15) is 13.2 Å². The van der Waals surface area contributed by atoms with Crippen molar-refractivity contribution in [1.29, 1.82) is 0 Å². The van der Waals surface area contributed by atoms with Crippen molar-refractivity contribution in [2.24, 2.45) is 0 Å². The number of carbonyl (C=O) groups is 2. The summed E-state index contributed by atoms with van der Waals surface area (Å²) in [5, 5.41) is 9.31. The smallest absolute Gasteiger partial charge is 0.361 e. The monoisotopic (exact) mass is 451 g/mol. The fourth-order valence-electron chi connectivity index (χ4n) is 3.00. The van der Waals surface area contributed by atoms with E-state index in [1.54, 1.807) is 6.92 Å². The fraction of sp³-hybridized carbons (Fsp3) is 0.263. The van der Waals surface area contributed by atoms with Gasteiger partial charge in [0.2, 0.25) is 0 Å². The highest BCUT2D eigenvalue weighted by molar-refractivity contribution is 7.15. The van der Waals surface area contributed by atoms with Crippen LogP contribution in [0.3, 0.4) is 0 Å². The number of aryl methyl sites for hydroxylation is 1. The number of halogens is 3. The van der Waals surface area contributed by atoms with Crippen LogP contribution in [-0.4, -0.2) is 33.5 Å². The third-order valence-corrected chi connectivity index (χ3v) is 5.56. The van der Waals surface area contributed by atoms with Crippen LogP contribution in [0.2, 0.25) is 0 Å². The molecule has 0 unspecified atom stereocenters. The molecule has 0 saturated heterocycles. The van der Waals surface area contributed by atoms with Gasteiger partial charge in [0.25, 0.3) is 5.91 Å². The van der Waals surface area contributed by atoms with Crippen LogP contribution >= 0.6 is 11.3 Å². The maximum atomic E-state index is 12.7. The summed E-state index contributed by atoms with van der Waals surface area (Å²) in [4.78, 5) is 31.5. The molecule has 0 fully saturated rings. The van der Waals surface area contributed by atoms with Gasteiger partial charge in [-0.3, -0.25) is 10.1 Å². The van der Waals surface area contributed by atoms with E-state index in [0.29, 0.717) is 23.9 Å². The normalized spacial score (nSPS) is 13.6. The van der Waals surface area contributed by atoms with Crippen LogP contribution in [0.15, 0.2) is 34.9 Å². The summed E-state index contributed by atoms with van der Waals surface area (Å²) >= 11 is 1.25. The molecule has 0 radical (unpaired) electrons. The van der Waals surface area contributed by atoms with Crippen molar-refractivity contribution in [3.63, 3.8) is 0 Å². The third kappa shape index (κ3) is 4.68. The zero-order valence-corrected chi connectivity index (χ0v) is 16.9. The van der Waals surface area contributed by atoms with Gasteiger partial charge in [-0.15, -0.1) is 0 Å². The predicted molar refractivity (Wildman–Crippen MR) is 106 cm³/mol. The molecule has 3 aromatic rings. The molecule has 2 N–H and O–H groups in total. The minimum absolute atomic E-state index is 0.142. The van der Waals surface area contributed by atoms with Crippen molar-refractivity contribution in [3.8, 4) is 0 Å². The summed E-state index contributed by atoms with van der Waals surface area (Å²) in [7, 11) is 0. The Labute approximate surface area is 178 Å². The first kappa shape index (κ1) is 20.8. The molecule has 0 atom stereocenters. The van der Waals surface area contributed by atoms with Gasteiger partial charge in [0, 0.05) is 29.6 Å². The lowest BCUT2D eigenvalue weighted by molar-refractivity contribution is -0.137. The average Bonchev–Trinajstić information content (AvgIpc) is 3.32. The highest BCUT2D eigenvalue weighted by Gasteiger charge is 2.30. The first-order chi connectivity index (χ1) is 14.7. The molecule has 8 nitrogen and oxygen atoms in total. The molecule has 1 aliphatic rings. The molecule has 1 aromatic carbocycles. The molecule has 162 valence electrons. The summed E-state index contributed by atoms with van der Waals surface area (Å²) in [6.07, 6.45) is -3.94. The Morgan fingerprint density at radius 2 is 1.94 bits per heavy atom. The molecule has 31 heavy (non-hydrogen) atoms. The largest absolute Gasteiger partial charge is 0.416 e. The molecule has 0 spiro atoms. The molecule has 3 amide bonds. The first-order valence-corrected chi connectivity index (χ1v) is 9.97. The predicted octanol–water partition coefficient (Wildman–Crippen LogP) is 4.30. The number of fused-ring (bicyclic) bond motifs is 1. The Hall–Kier alpha value is -3.41. The molecular formula is C19H16F3N5O3S. The van der Waals surface area contributed by atoms with E-state index in [1.807, 2.05) is 0 Å². The summed E-state index contributed by atoms with van der Waals surface area (Å²) in [5.41, 5.74) is 0.413. The Bertz CT molecular complexity index is 1120. The molecule has 12 heteroatoms. The number of aromatic nitrogens is 2. The van der Waals surface area contributed by atoms with Crippen LogP contribution in [0.4, 0.5) is 28.8 Å². The molecule has 3 heterocycles. The van der Waals surface area contributed by atoms with Gasteiger partial charge in [0.15, 0.2) is 10.8 Å². The fourth-order valence-corrected chi connectivity index (χ4v) is 4.02. The quantitative estimate of drug-likeness (QED) is 0.619. The minimum atomic E-state index is -4.43. The van der Waals surface area contributed by atoms with Gasteiger partial charge in [-0.1, -0.05) is 16.5 Å². The van der Waals surface area contributed by atoms with Crippen molar-refractivity contribution in [2.75, 3.05) is 17.2 Å². The van der Waals surface area contributed by atoms with Crippen LogP contribution in [-0.2, 0) is 19.1 Å². The topological polar surface area (TPSA) is 100 Å². The number of nitrogens with one attached hydrogen (secondary N) is 2. The second-order valence-corrected chi connectivity index (χ2v) is 7.93. The van der Waals surface area contributed by atoms with E-state index in [0.717, 1.165) is 22.7 Å². The number of urea groups is 1. The van der Waals surface area contributed by atoms with Gasteiger partial charge in [-0.25, -0.2) is 9.78 Å². The first-order valence-electron chi connectivity index (χ1n) is 9.15. The van der Waals surface area contributed by atoms with E-state index < -0.39 is 23.7 Å². The van der Waals surface area contributed by atoms with Crippen molar-refractivity contribution in [3.05, 3.63) is 57.9 Å². The van der Waals surface area contributed by atoms with Gasteiger partial charge in [-0.05, 0) is 31.2 Å². The summed E-state index contributed by atoms with van der Waals surface area (Å²) in [5.74, 6) is 0.0677. The summed E-state index contributed by atoms with van der Waals surface area (Å²) < 4.78 is 42.9. The summed E-state index contributed by atoms with van der Waals surface area (Å²) in [6.45, 7) is 2.34. The van der Waals surface area contributed by atoms with Gasteiger partial charge in [0.1, 0.15) is 5.76 Å². The maximum absolute atomic E-state index is 12.7. The number of nitrogens with zero attached hydrogens (tertiary/aromatic N) is 3. The lowest BCUT2D eigenvalue weighted by Crippen LogP contribution is -2.38. The Morgan fingerprint density at radius 3 is 2.58 bits per heavy atom. The van der Waals surface area contributed by atoms with Gasteiger partial charge >= 0.3 is 12.2 Å². The number of carbonyl (C=O) groups excluding carboxylic acids is 2. The molecule has 0 aliphatic carbocycles. The number of alkyl halides is 3. The van der Waals surface area contributed by atoms with E-state index in [4.69, 9.17) is 4.52 Å². The van der Waals surface area contributed by atoms with E-state index in [9.17, 15) is 22.8 Å². The van der Waals surface area contributed by atoms with Crippen LogP contribution < -0.4 is 10.6 Å². The minimum Gasteiger partial charge on any atom is -0.361 e. The van der Waals surface area contributed by atoms with Crippen molar-refractivity contribution in [1.82, 2.24) is 15.0 Å². The van der Waals surface area contributed by atoms with E-state index >= 15 is 0 Å². The molecule has 2 aromatic heterocycles. The van der Waals surface area contributed by atoms with E-state index in [-0.39, 0.29) is 17.9 Å². The molecular weight excluding hydrogens is 435 g/mol. The van der Waals surface area contributed by atoms with Crippen LogP contribution in [0.1, 0.15) is 32.4 Å². The van der Waals surface area contributed by atoms with Crippen molar-refractivity contribution in [2.45, 2.75) is 26.1 Å². The maximum Gasteiger partial charge on any atom is 0.416 e. The standard InChI is InChI=1S/C19H16F3N5O3S/c1-10-8-14(26-30-10)16(28)25-17-24-13-6-7-27(9-15(13)31-17)18(29)23-12-4-2-11(3-5-12)19(20,21)22/h2-5,8H,6-7,9H2,1H3,(H,23,29)(H,24,25,28). The molecule has 1 aliphatic heterocycles. The van der Waals surface area contributed by atoms with Crippen molar-refractivity contribution >= 4 is 34.1 Å². The number of benzene rings is 1. The van der Waals surface area contributed by atoms with E-state index in [1.165, 1.54) is 34.4 Å². The van der Waals surface area contributed by atoms with Crippen molar-refractivity contribution < 1.29 is 27.3 Å². The molecule has 4 rings (SSSR count). The second-order valence-electron chi connectivity index (χ2n) is 6.84. The second kappa shape index (κ2) is 8.02. The highest BCUT2D eigenvalue weighted by Crippen LogP contribution is 2.31. The Morgan fingerprint density at radius 1 is 1.19 bits per heavy atom. The van der Waals surface area contributed by atoms with Crippen LogP contribution in [0, 0.1) is 6.92 Å². The Balaban J connectivity index is 1.38. The molecule has 0 saturated carbocycles. The number of rotatable bonds is 3. The van der Waals surface area contributed by atoms with Gasteiger partial charge in [0.05, 0.1) is 17.8 Å². The van der Waals surface area contributed by atoms with Crippen LogP contribution in [0.5, 0.6) is 0 Å². The third-order valence-electron chi connectivity index (χ3n) is 4.56. The Kier molecular flexibility index (Phi) is 5.39. The summed E-state index contributed by atoms with van der Waals surface area (Å²) in [6, 6.07) is 5.33. The number of hydrogen-bond donors (Lipinski definition) is 2. The van der Waals surface area contributed by atoms with E-state index in [2.05, 4.69) is 20.8 Å².